The molecule has 10 heteroatoms. The largest absolute Gasteiger partial charge is 0.480 e. The van der Waals surface area contributed by atoms with Crippen LogP contribution in [0, 0.1) is 5.92 Å². The fraction of sp³-hybridized carbons (Fsp3) is 0.455. The fourth-order valence-corrected chi connectivity index (χ4v) is 4.08. The van der Waals surface area contributed by atoms with Crippen molar-refractivity contribution in [1.29, 1.82) is 0 Å². The van der Waals surface area contributed by atoms with Gasteiger partial charge in [-0.2, -0.15) is 0 Å². The number of amides is 4. The molecule has 10 nitrogen and oxygen atoms in total. The predicted molar refractivity (Wildman–Crippen MR) is 116 cm³/mol. The Labute approximate surface area is 186 Å². The molecule has 0 saturated carbocycles. The third-order valence-electron chi connectivity index (χ3n) is 5.82. The molecule has 0 spiro atoms. The molecule has 4 N–H and O–H groups in total. The van der Waals surface area contributed by atoms with Crippen molar-refractivity contribution in [3.8, 4) is 0 Å². The first-order valence-electron chi connectivity index (χ1n) is 10.6. The van der Waals surface area contributed by atoms with Crippen LogP contribution in [0.5, 0.6) is 0 Å². The standard InChI is InChI=1S/C22H29N5O5/c1-15(23)24-9-5-8-17-19(21(30)31)27(20(17)29)22(32)26-12-10-25(11-13-26)18(28)14-16-6-3-2-4-7-16/h2-4,6-7,17,19,24H,1,5,8-14,23H2,(H,30,31). The van der Waals surface area contributed by atoms with Crippen LogP contribution in [-0.4, -0.2) is 82.4 Å². The Kier molecular flexibility index (Phi) is 7.34. The number of nitrogens with two attached hydrogens (primary N) is 1. The number of aliphatic carboxylic acids is 1. The van der Waals surface area contributed by atoms with Gasteiger partial charge in [-0.3, -0.25) is 9.59 Å². The Morgan fingerprint density at radius 2 is 1.72 bits per heavy atom. The summed E-state index contributed by atoms with van der Waals surface area (Å²) < 4.78 is 0. The van der Waals surface area contributed by atoms with Crippen LogP contribution >= 0.6 is 0 Å². The minimum Gasteiger partial charge on any atom is -0.480 e. The second-order valence-electron chi connectivity index (χ2n) is 8.00. The number of benzene rings is 1. The van der Waals surface area contributed by atoms with E-state index in [0.29, 0.717) is 38.3 Å². The monoisotopic (exact) mass is 443 g/mol. The molecule has 2 fully saturated rings. The molecule has 2 aliphatic rings. The molecule has 0 bridgehead atoms. The van der Waals surface area contributed by atoms with E-state index in [2.05, 4.69) is 11.9 Å². The van der Waals surface area contributed by atoms with E-state index in [9.17, 15) is 24.3 Å². The van der Waals surface area contributed by atoms with Crippen molar-refractivity contribution in [3.05, 3.63) is 48.3 Å². The number of rotatable bonds is 8. The molecule has 32 heavy (non-hydrogen) atoms. The van der Waals surface area contributed by atoms with Crippen LogP contribution < -0.4 is 11.1 Å². The molecule has 2 unspecified atom stereocenters. The van der Waals surface area contributed by atoms with Crippen molar-refractivity contribution in [1.82, 2.24) is 20.0 Å². The highest BCUT2D eigenvalue weighted by Crippen LogP contribution is 2.32. The normalized spacial score (nSPS) is 20.5. The third kappa shape index (κ3) is 5.19. The number of carboxylic acids is 1. The van der Waals surface area contributed by atoms with Gasteiger partial charge >= 0.3 is 12.0 Å². The molecular formula is C22H29N5O5. The Morgan fingerprint density at radius 1 is 1.09 bits per heavy atom. The van der Waals surface area contributed by atoms with Gasteiger partial charge in [-0.05, 0) is 18.4 Å². The van der Waals surface area contributed by atoms with Crippen LogP contribution in [-0.2, 0) is 20.8 Å². The number of hydrogen-bond acceptors (Lipinski definition) is 6. The number of imide groups is 1. The molecule has 2 aliphatic heterocycles. The zero-order valence-corrected chi connectivity index (χ0v) is 17.9. The van der Waals surface area contributed by atoms with Crippen LogP contribution in [0.15, 0.2) is 42.7 Å². The van der Waals surface area contributed by atoms with Gasteiger partial charge in [-0.15, -0.1) is 0 Å². The van der Waals surface area contributed by atoms with Crippen LogP contribution in [0.4, 0.5) is 4.79 Å². The van der Waals surface area contributed by atoms with Gasteiger partial charge in [0.1, 0.15) is 0 Å². The van der Waals surface area contributed by atoms with Gasteiger partial charge in [0.2, 0.25) is 11.8 Å². The summed E-state index contributed by atoms with van der Waals surface area (Å²) in [5, 5.41) is 12.4. The topological polar surface area (TPSA) is 136 Å². The Bertz CT molecular complexity index is 882. The molecular weight excluding hydrogens is 414 g/mol. The van der Waals surface area contributed by atoms with Crippen LogP contribution in [0.2, 0.25) is 0 Å². The lowest BCUT2D eigenvalue weighted by atomic mass is 9.83. The molecule has 0 aliphatic carbocycles. The Morgan fingerprint density at radius 3 is 2.31 bits per heavy atom. The third-order valence-corrected chi connectivity index (χ3v) is 5.82. The first-order chi connectivity index (χ1) is 15.3. The van der Waals surface area contributed by atoms with E-state index in [4.69, 9.17) is 5.73 Å². The van der Waals surface area contributed by atoms with Crippen molar-refractivity contribution in [2.45, 2.75) is 25.3 Å². The molecule has 2 saturated heterocycles. The van der Waals surface area contributed by atoms with Crippen molar-refractivity contribution in [2.24, 2.45) is 11.7 Å². The predicted octanol–water partition coefficient (Wildman–Crippen LogP) is 0.205. The number of nitrogens with zero attached hydrogens (tertiary/aromatic N) is 3. The molecule has 0 aromatic heterocycles. The second kappa shape index (κ2) is 10.2. The number of hydrogen-bond donors (Lipinski definition) is 3. The molecule has 172 valence electrons. The Balaban J connectivity index is 1.51. The summed E-state index contributed by atoms with van der Waals surface area (Å²) in [7, 11) is 0. The number of β-lactam (4-membered cyclic amide) rings is 1. The summed E-state index contributed by atoms with van der Waals surface area (Å²) in [6.07, 6.45) is 1.15. The summed E-state index contributed by atoms with van der Waals surface area (Å²) in [4.78, 5) is 53.6. The number of likely N-dealkylation sites (tertiary alicyclic amines) is 1. The minimum atomic E-state index is -1.20. The van der Waals surface area contributed by atoms with E-state index in [1.165, 1.54) is 4.90 Å². The lowest BCUT2D eigenvalue weighted by Crippen LogP contribution is -2.69. The molecule has 2 atom stereocenters. The minimum absolute atomic E-state index is 0.0272. The summed E-state index contributed by atoms with van der Waals surface area (Å²) in [5.41, 5.74) is 6.34. The van der Waals surface area contributed by atoms with Crippen LogP contribution in [0.1, 0.15) is 18.4 Å². The van der Waals surface area contributed by atoms with E-state index in [-0.39, 0.29) is 25.4 Å². The average molecular weight is 444 g/mol. The fourth-order valence-electron chi connectivity index (χ4n) is 4.08. The average Bonchev–Trinajstić information content (AvgIpc) is 2.77. The maximum Gasteiger partial charge on any atom is 0.327 e. The van der Waals surface area contributed by atoms with Crippen molar-refractivity contribution < 1.29 is 24.3 Å². The molecule has 1 aromatic rings. The molecule has 0 radical (unpaired) electrons. The van der Waals surface area contributed by atoms with Gasteiger partial charge in [-0.25, -0.2) is 14.5 Å². The highest BCUT2D eigenvalue weighted by atomic mass is 16.4. The van der Waals surface area contributed by atoms with Gasteiger partial charge in [0, 0.05) is 32.7 Å². The van der Waals surface area contributed by atoms with E-state index in [0.717, 1.165) is 10.5 Å². The summed E-state index contributed by atoms with van der Waals surface area (Å²) in [6.45, 7) is 5.17. The van der Waals surface area contributed by atoms with Crippen LogP contribution in [0.25, 0.3) is 0 Å². The number of urea groups is 1. The zero-order valence-electron chi connectivity index (χ0n) is 17.9. The Hall–Kier alpha value is -3.56. The van der Waals surface area contributed by atoms with Gasteiger partial charge in [0.25, 0.3) is 0 Å². The van der Waals surface area contributed by atoms with Gasteiger partial charge in [0.15, 0.2) is 6.04 Å². The van der Waals surface area contributed by atoms with E-state index in [1.54, 1.807) is 4.90 Å². The van der Waals surface area contributed by atoms with Gasteiger partial charge < -0.3 is 26.0 Å². The lowest BCUT2D eigenvalue weighted by molar-refractivity contribution is -0.167. The molecule has 1 aromatic carbocycles. The number of carbonyl (C=O) groups is 4. The molecule has 3 rings (SSSR count). The quantitative estimate of drug-likeness (QED) is 0.386. The molecule has 2 heterocycles. The van der Waals surface area contributed by atoms with Crippen molar-refractivity contribution in [2.75, 3.05) is 32.7 Å². The van der Waals surface area contributed by atoms with E-state index >= 15 is 0 Å². The number of nitrogens with one attached hydrogen (secondary N) is 1. The van der Waals surface area contributed by atoms with Crippen molar-refractivity contribution >= 4 is 23.8 Å². The maximum atomic E-state index is 12.9. The van der Waals surface area contributed by atoms with Crippen LogP contribution in [0.3, 0.4) is 0 Å². The molecule has 4 amide bonds. The number of piperazine rings is 1. The number of carbonyl (C=O) groups excluding carboxylic acids is 3. The first-order valence-corrected chi connectivity index (χ1v) is 10.6. The van der Waals surface area contributed by atoms with Crippen molar-refractivity contribution in [3.63, 3.8) is 0 Å². The summed E-state index contributed by atoms with van der Waals surface area (Å²) >= 11 is 0. The second-order valence-corrected chi connectivity index (χ2v) is 8.00. The SMILES string of the molecule is C=C(N)NCCCC1C(=O)N(C(=O)N2CCN(C(=O)Cc3ccccc3)CC2)C1C(=O)O. The van der Waals surface area contributed by atoms with E-state index in [1.807, 2.05) is 30.3 Å². The summed E-state index contributed by atoms with van der Waals surface area (Å²) in [6, 6.07) is 7.63. The smallest absolute Gasteiger partial charge is 0.327 e. The van der Waals surface area contributed by atoms with E-state index < -0.39 is 29.9 Å². The van der Waals surface area contributed by atoms with Gasteiger partial charge in [-0.1, -0.05) is 36.9 Å². The number of carboxylic acid groups (broad SMARTS) is 1. The summed E-state index contributed by atoms with van der Waals surface area (Å²) in [5.74, 6) is -2.14. The highest BCUT2D eigenvalue weighted by Gasteiger charge is 2.55. The maximum absolute atomic E-state index is 12.9. The highest BCUT2D eigenvalue weighted by molar-refractivity contribution is 6.07. The van der Waals surface area contributed by atoms with Gasteiger partial charge in [0.05, 0.1) is 18.2 Å². The lowest BCUT2D eigenvalue weighted by Gasteiger charge is -2.46. The first kappa shape index (κ1) is 23.1. The zero-order chi connectivity index (χ0) is 23.3.